The van der Waals surface area contributed by atoms with Crippen LogP contribution in [-0.2, 0) is 19.1 Å². The highest BCUT2D eigenvalue weighted by atomic mass is 16.6. The Bertz CT molecular complexity index is 839. The van der Waals surface area contributed by atoms with Gasteiger partial charge < -0.3 is 9.47 Å². The molecule has 0 aliphatic carbocycles. The summed E-state index contributed by atoms with van der Waals surface area (Å²) in [6.45, 7) is 8.73. The lowest BCUT2D eigenvalue weighted by molar-refractivity contribution is -0.384. The molecular formula is C20H24N2O6. The largest absolute Gasteiger partial charge is 0.465 e. The van der Waals surface area contributed by atoms with E-state index >= 15 is 0 Å². The molecule has 0 saturated carbocycles. The first-order valence-corrected chi connectivity index (χ1v) is 9.05. The number of carbonyl (C=O) groups excluding carboxylic acids is 2. The number of nitrogens with zero attached hydrogens (tertiary/aromatic N) is 2. The summed E-state index contributed by atoms with van der Waals surface area (Å²) in [6, 6.07) is 5.78. The average molecular weight is 388 g/mol. The lowest BCUT2D eigenvalue weighted by atomic mass is 9.75. The number of nitro groups is 1. The number of nitro benzene ring substituents is 1. The SMILES string of the molecule is CCOC(=O)C1C(C)=NC(C)=C(C(=O)OC(C)C)C1c1ccc([N+](=O)[O-])cc1. The Kier molecular flexibility index (Phi) is 6.66. The zero-order chi connectivity index (χ0) is 21.0. The second kappa shape index (κ2) is 8.77. The first-order chi connectivity index (χ1) is 13.2. The van der Waals surface area contributed by atoms with Crippen molar-refractivity contribution in [1.82, 2.24) is 0 Å². The van der Waals surface area contributed by atoms with Crippen molar-refractivity contribution in [3.63, 3.8) is 0 Å². The van der Waals surface area contributed by atoms with Gasteiger partial charge in [0.15, 0.2) is 0 Å². The Morgan fingerprint density at radius 1 is 1.21 bits per heavy atom. The molecule has 8 nitrogen and oxygen atoms in total. The van der Waals surface area contributed by atoms with Crippen LogP contribution in [-0.4, -0.2) is 35.3 Å². The molecule has 2 unspecified atom stereocenters. The molecule has 8 heteroatoms. The van der Waals surface area contributed by atoms with Crippen molar-refractivity contribution in [1.29, 1.82) is 0 Å². The van der Waals surface area contributed by atoms with Gasteiger partial charge in [-0.2, -0.15) is 0 Å². The quantitative estimate of drug-likeness (QED) is 0.419. The zero-order valence-corrected chi connectivity index (χ0v) is 16.6. The Morgan fingerprint density at radius 2 is 1.82 bits per heavy atom. The van der Waals surface area contributed by atoms with Crippen LogP contribution in [0.25, 0.3) is 0 Å². The molecule has 0 bridgehead atoms. The van der Waals surface area contributed by atoms with Crippen LogP contribution >= 0.6 is 0 Å². The van der Waals surface area contributed by atoms with Gasteiger partial charge in [0.25, 0.3) is 5.69 Å². The van der Waals surface area contributed by atoms with E-state index in [1.165, 1.54) is 12.1 Å². The summed E-state index contributed by atoms with van der Waals surface area (Å²) in [6.07, 6.45) is -0.349. The summed E-state index contributed by atoms with van der Waals surface area (Å²) in [5.74, 6) is -2.60. The molecule has 0 saturated heterocycles. The number of carbonyl (C=O) groups is 2. The van der Waals surface area contributed by atoms with Crippen molar-refractivity contribution in [2.45, 2.75) is 46.6 Å². The van der Waals surface area contributed by atoms with E-state index in [4.69, 9.17) is 9.47 Å². The third-order valence-electron chi connectivity index (χ3n) is 4.39. The fraction of sp³-hybridized carbons (Fsp3) is 0.450. The second-order valence-electron chi connectivity index (χ2n) is 6.76. The zero-order valence-electron chi connectivity index (χ0n) is 16.6. The van der Waals surface area contributed by atoms with E-state index in [9.17, 15) is 19.7 Å². The Labute approximate surface area is 163 Å². The fourth-order valence-electron chi connectivity index (χ4n) is 3.28. The summed E-state index contributed by atoms with van der Waals surface area (Å²) in [7, 11) is 0. The Hall–Kier alpha value is -3.03. The van der Waals surface area contributed by atoms with Crippen LogP contribution < -0.4 is 0 Å². The van der Waals surface area contributed by atoms with Gasteiger partial charge in [0.2, 0.25) is 0 Å². The number of ether oxygens (including phenoxy) is 2. The normalized spacial score (nSPS) is 19.3. The van der Waals surface area contributed by atoms with E-state index in [2.05, 4.69) is 4.99 Å². The molecule has 1 heterocycles. The first kappa shape index (κ1) is 21.3. The number of rotatable bonds is 6. The summed E-state index contributed by atoms with van der Waals surface area (Å²) in [5, 5.41) is 11.0. The molecule has 2 rings (SSSR count). The van der Waals surface area contributed by atoms with Gasteiger partial charge in [-0.25, -0.2) is 4.79 Å². The van der Waals surface area contributed by atoms with Crippen LogP contribution in [0.2, 0.25) is 0 Å². The van der Waals surface area contributed by atoms with E-state index < -0.39 is 28.7 Å². The Balaban J connectivity index is 2.61. The number of esters is 2. The van der Waals surface area contributed by atoms with Crippen LogP contribution in [0.15, 0.2) is 40.5 Å². The van der Waals surface area contributed by atoms with E-state index in [0.29, 0.717) is 17.0 Å². The molecule has 0 amide bonds. The van der Waals surface area contributed by atoms with Crippen LogP contribution in [0.3, 0.4) is 0 Å². The molecule has 1 aliphatic rings. The number of non-ortho nitro benzene ring substituents is 1. The molecule has 1 aromatic rings. The summed E-state index contributed by atoms with van der Waals surface area (Å²) < 4.78 is 10.6. The average Bonchev–Trinajstić information content (AvgIpc) is 2.60. The van der Waals surface area contributed by atoms with Crippen molar-refractivity contribution in [3.8, 4) is 0 Å². The van der Waals surface area contributed by atoms with Crippen molar-refractivity contribution in [2.24, 2.45) is 10.9 Å². The molecule has 0 fully saturated rings. The minimum atomic E-state index is -0.820. The highest BCUT2D eigenvalue weighted by molar-refractivity contribution is 6.07. The van der Waals surface area contributed by atoms with Gasteiger partial charge in [-0.1, -0.05) is 12.1 Å². The molecule has 0 aromatic heterocycles. The standard InChI is InChI=1S/C20H24N2O6/c1-6-27-19(23)16-12(4)21-13(5)17(20(24)28-11(2)3)18(16)14-7-9-15(10-8-14)22(25)26/h7-11,16,18H,6H2,1-5H3. The highest BCUT2D eigenvalue weighted by Crippen LogP contribution is 2.40. The molecule has 1 aliphatic heterocycles. The predicted octanol–water partition coefficient (Wildman–Crippen LogP) is 3.56. The molecule has 150 valence electrons. The van der Waals surface area contributed by atoms with Crippen LogP contribution in [0, 0.1) is 16.0 Å². The summed E-state index contributed by atoms with van der Waals surface area (Å²) >= 11 is 0. The molecular weight excluding hydrogens is 364 g/mol. The maximum atomic E-state index is 12.8. The maximum absolute atomic E-state index is 12.8. The number of aliphatic imine (C=N–C) groups is 1. The van der Waals surface area contributed by atoms with E-state index in [1.54, 1.807) is 46.8 Å². The number of hydrogen-bond acceptors (Lipinski definition) is 7. The van der Waals surface area contributed by atoms with Gasteiger partial charge in [-0.3, -0.25) is 19.9 Å². The highest BCUT2D eigenvalue weighted by Gasteiger charge is 2.42. The lowest BCUT2D eigenvalue weighted by Crippen LogP contribution is -2.37. The molecule has 0 N–H and O–H groups in total. The molecule has 0 radical (unpaired) electrons. The number of hydrogen-bond donors (Lipinski definition) is 0. The molecule has 0 spiro atoms. The van der Waals surface area contributed by atoms with Crippen molar-refractivity contribution >= 4 is 23.3 Å². The van der Waals surface area contributed by atoms with Crippen molar-refractivity contribution in [2.75, 3.05) is 6.61 Å². The summed E-state index contributed by atoms with van der Waals surface area (Å²) in [5.41, 5.74) is 1.72. The van der Waals surface area contributed by atoms with Crippen molar-refractivity contribution < 1.29 is 24.0 Å². The smallest absolute Gasteiger partial charge is 0.336 e. The Morgan fingerprint density at radius 3 is 2.32 bits per heavy atom. The van der Waals surface area contributed by atoms with Gasteiger partial charge in [0.05, 0.1) is 23.2 Å². The van der Waals surface area contributed by atoms with Crippen molar-refractivity contribution in [3.05, 3.63) is 51.2 Å². The van der Waals surface area contributed by atoms with Crippen LogP contribution in [0.5, 0.6) is 0 Å². The minimum Gasteiger partial charge on any atom is -0.465 e. The second-order valence-corrected chi connectivity index (χ2v) is 6.76. The van der Waals surface area contributed by atoms with Gasteiger partial charge in [0, 0.05) is 29.5 Å². The molecule has 28 heavy (non-hydrogen) atoms. The van der Waals surface area contributed by atoms with Gasteiger partial charge >= 0.3 is 11.9 Å². The van der Waals surface area contributed by atoms with Gasteiger partial charge in [-0.05, 0) is 40.2 Å². The maximum Gasteiger partial charge on any atom is 0.336 e. The first-order valence-electron chi connectivity index (χ1n) is 9.05. The van der Waals surface area contributed by atoms with Crippen LogP contribution in [0.1, 0.15) is 46.1 Å². The topological polar surface area (TPSA) is 108 Å². The third-order valence-corrected chi connectivity index (χ3v) is 4.39. The fourth-order valence-corrected chi connectivity index (χ4v) is 3.28. The molecule has 2 atom stereocenters. The van der Waals surface area contributed by atoms with E-state index in [-0.39, 0.29) is 24.0 Å². The van der Waals surface area contributed by atoms with E-state index in [1.807, 2.05) is 0 Å². The lowest BCUT2D eigenvalue weighted by Gasteiger charge is -2.31. The third kappa shape index (κ3) is 4.44. The van der Waals surface area contributed by atoms with Gasteiger partial charge in [0.1, 0.15) is 5.92 Å². The van der Waals surface area contributed by atoms with E-state index in [0.717, 1.165) is 0 Å². The number of allylic oxidation sites excluding steroid dienone is 1. The van der Waals surface area contributed by atoms with Gasteiger partial charge in [-0.15, -0.1) is 0 Å². The summed E-state index contributed by atoms with van der Waals surface area (Å²) in [4.78, 5) is 40.3. The minimum absolute atomic E-state index is 0.0790. The monoisotopic (exact) mass is 388 g/mol. The number of benzene rings is 1. The van der Waals surface area contributed by atoms with Crippen LogP contribution in [0.4, 0.5) is 5.69 Å². The molecule has 1 aromatic carbocycles. The predicted molar refractivity (Wildman–Crippen MR) is 103 cm³/mol.